The van der Waals surface area contributed by atoms with Crippen LogP contribution in [0.2, 0.25) is 5.02 Å². The number of halogens is 2. The second-order valence-electron chi connectivity index (χ2n) is 7.16. The Kier molecular flexibility index (Phi) is 7.41. The molecule has 3 aromatic rings. The number of rotatable bonds is 9. The predicted molar refractivity (Wildman–Crippen MR) is 115 cm³/mol. The minimum Gasteiger partial charge on any atom is -0.479 e. The maximum Gasteiger partial charge on any atom is 0.354 e. The average Bonchev–Trinajstić information content (AvgIpc) is 3.20. The normalized spacial score (nSPS) is 12.7. The van der Waals surface area contributed by atoms with Gasteiger partial charge in [-0.2, -0.15) is 5.10 Å². The second kappa shape index (κ2) is 10.2. The van der Waals surface area contributed by atoms with Gasteiger partial charge in [-0.15, -0.1) is 0 Å². The van der Waals surface area contributed by atoms with E-state index in [2.05, 4.69) is 10.4 Å². The Bertz CT molecular complexity index is 1180. The number of benzene rings is 2. The molecule has 1 aromatic heterocycles. The summed E-state index contributed by atoms with van der Waals surface area (Å²) >= 11 is 6.11. The Morgan fingerprint density at radius 3 is 2.36 bits per heavy atom. The van der Waals surface area contributed by atoms with E-state index in [1.54, 1.807) is 24.3 Å². The van der Waals surface area contributed by atoms with Crippen molar-refractivity contribution in [1.82, 2.24) is 15.1 Å². The SMILES string of the molecule is O=C(N[C@H](Cc1ccccc1Cl)[C@@H](O)C(=O)O)c1cc(C(=O)O)n(Cc2ccc(F)cc2)n1. The highest BCUT2D eigenvalue weighted by molar-refractivity contribution is 6.31. The number of aliphatic hydroxyl groups is 1. The van der Waals surface area contributed by atoms with E-state index in [-0.39, 0.29) is 24.4 Å². The van der Waals surface area contributed by atoms with Gasteiger partial charge in [0.25, 0.3) is 5.91 Å². The number of aromatic nitrogens is 2. The Balaban J connectivity index is 1.85. The van der Waals surface area contributed by atoms with Crippen LogP contribution in [0, 0.1) is 5.82 Å². The summed E-state index contributed by atoms with van der Waals surface area (Å²) in [5.74, 6) is -4.24. The quantitative estimate of drug-likeness (QED) is 0.371. The van der Waals surface area contributed by atoms with Crippen LogP contribution in [0.3, 0.4) is 0 Å². The first kappa shape index (κ1) is 23.9. The fraction of sp³-hybridized carbons (Fsp3) is 0.182. The van der Waals surface area contributed by atoms with Gasteiger partial charge in [-0.05, 0) is 35.7 Å². The van der Waals surface area contributed by atoms with Gasteiger partial charge >= 0.3 is 11.9 Å². The van der Waals surface area contributed by atoms with Gasteiger partial charge in [0.1, 0.15) is 11.5 Å². The molecule has 2 atom stereocenters. The third-order valence-corrected chi connectivity index (χ3v) is 5.19. The zero-order valence-corrected chi connectivity index (χ0v) is 17.7. The van der Waals surface area contributed by atoms with Crippen molar-refractivity contribution in [2.75, 3.05) is 0 Å². The summed E-state index contributed by atoms with van der Waals surface area (Å²) in [6.07, 6.45) is -2.05. The number of amides is 1. The molecular formula is C22H19ClFN3O6. The van der Waals surface area contributed by atoms with E-state index in [9.17, 15) is 34.1 Å². The molecule has 0 aliphatic heterocycles. The highest BCUT2D eigenvalue weighted by Crippen LogP contribution is 2.18. The molecule has 0 aliphatic rings. The smallest absolute Gasteiger partial charge is 0.354 e. The largest absolute Gasteiger partial charge is 0.479 e. The molecule has 9 nitrogen and oxygen atoms in total. The van der Waals surface area contributed by atoms with Crippen molar-refractivity contribution in [2.45, 2.75) is 25.1 Å². The Hall–Kier alpha value is -3.76. The minimum absolute atomic E-state index is 0.0456. The average molecular weight is 476 g/mol. The predicted octanol–water partition coefficient (Wildman–Crippen LogP) is 2.21. The lowest BCUT2D eigenvalue weighted by Gasteiger charge is -2.21. The fourth-order valence-corrected chi connectivity index (χ4v) is 3.35. The lowest BCUT2D eigenvalue weighted by atomic mass is 10.0. The minimum atomic E-state index is -1.95. The summed E-state index contributed by atoms with van der Waals surface area (Å²) in [6.45, 7) is -0.0456. The molecule has 11 heteroatoms. The number of aliphatic hydroxyl groups excluding tert-OH is 1. The van der Waals surface area contributed by atoms with Crippen LogP contribution < -0.4 is 5.32 Å². The van der Waals surface area contributed by atoms with E-state index in [1.807, 2.05) is 0 Å². The summed E-state index contributed by atoms with van der Waals surface area (Å²) in [7, 11) is 0. The molecule has 33 heavy (non-hydrogen) atoms. The molecule has 0 aliphatic carbocycles. The number of aromatic carboxylic acids is 1. The fourth-order valence-electron chi connectivity index (χ4n) is 3.14. The van der Waals surface area contributed by atoms with E-state index in [4.69, 9.17) is 11.6 Å². The highest BCUT2D eigenvalue weighted by atomic mass is 35.5. The van der Waals surface area contributed by atoms with Crippen LogP contribution in [0.5, 0.6) is 0 Å². The lowest BCUT2D eigenvalue weighted by molar-refractivity contribution is -0.148. The first-order valence-electron chi connectivity index (χ1n) is 9.66. The van der Waals surface area contributed by atoms with Crippen LogP contribution in [0.25, 0.3) is 0 Å². The summed E-state index contributed by atoms with van der Waals surface area (Å²) in [4.78, 5) is 35.7. The van der Waals surface area contributed by atoms with Crippen molar-refractivity contribution in [3.8, 4) is 0 Å². The molecule has 1 amide bonds. The maximum atomic E-state index is 13.1. The number of nitrogens with one attached hydrogen (secondary N) is 1. The number of carboxylic acids is 2. The summed E-state index contributed by atoms with van der Waals surface area (Å²) in [5, 5.41) is 35.5. The van der Waals surface area contributed by atoms with Gasteiger partial charge in [-0.3, -0.25) is 9.48 Å². The molecular weight excluding hydrogens is 457 g/mol. The maximum absolute atomic E-state index is 13.1. The van der Waals surface area contributed by atoms with Crippen molar-refractivity contribution >= 4 is 29.4 Å². The van der Waals surface area contributed by atoms with Crippen molar-refractivity contribution in [2.24, 2.45) is 0 Å². The third-order valence-electron chi connectivity index (χ3n) is 4.83. The number of hydrogen-bond donors (Lipinski definition) is 4. The molecule has 172 valence electrons. The van der Waals surface area contributed by atoms with Gasteiger partial charge in [-0.25, -0.2) is 14.0 Å². The third kappa shape index (κ3) is 5.93. The van der Waals surface area contributed by atoms with Crippen molar-refractivity contribution in [3.63, 3.8) is 0 Å². The monoisotopic (exact) mass is 475 g/mol. The summed E-state index contributed by atoms with van der Waals surface area (Å²) < 4.78 is 14.2. The number of nitrogens with zero attached hydrogens (tertiary/aromatic N) is 2. The molecule has 0 bridgehead atoms. The molecule has 0 saturated carbocycles. The topological polar surface area (TPSA) is 142 Å². The Labute approximate surface area is 192 Å². The molecule has 3 rings (SSSR count). The van der Waals surface area contributed by atoms with Gasteiger partial charge in [0, 0.05) is 11.1 Å². The zero-order valence-electron chi connectivity index (χ0n) is 17.0. The highest BCUT2D eigenvalue weighted by Gasteiger charge is 2.30. The van der Waals surface area contributed by atoms with Crippen molar-refractivity contribution in [1.29, 1.82) is 0 Å². The van der Waals surface area contributed by atoms with Crippen LogP contribution in [0.1, 0.15) is 32.1 Å². The standard InChI is InChI=1S/C22H19ClFN3O6/c23-15-4-2-1-3-13(15)9-16(19(28)22(32)33)25-20(29)17-10-18(21(30)31)27(26-17)11-12-5-7-14(24)8-6-12/h1-8,10,16,19,28H,9,11H2,(H,25,29)(H,30,31)(H,32,33)/t16-,19-/m1/s1. The van der Waals surface area contributed by atoms with Crippen LogP contribution in [-0.4, -0.2) is 55.1 Å². The van der Waals surface area contributed by atoms with E-state index in [0.717, 1.165) is 10.7 Å². The summed E-state index contributed by atoms with van der Waals surface area (Å²) in [6, 6.07) is 11.6. The molecule has 0 fully saturated rings. The first-order valence-corrected chi connectivity index (χ1v) is 10.0. The van der Waals surface area contributed by atoms with E-state index in [1.165, 1.54) is 24.3 Å². The molecule has 4 N–H and O–H groups in total. The number of aliphatic carboxylic acids is 1. The zero-order chi connectivity index (χ0) is 24.1. The van der Waals surface area contributed by atoms with E-state index >= 15 is 0 Å². The van der Waals surface area contributed by atoms with Crippen LogP contribution in [0.15, 0.2) is 54.6 Å². The molecule has 1 heterocycles. The summed E-state index contributed by atoms with van der Waals surface area (Å²) in [5.41, 5.74) is 0.451. The molecule has 0 saturated heterocycles. The van der Waals surface area contributed by atoms with Crippen LogP contribution in [0.4, 0.5) is 4.39 Å². The molecule has 0 radical (unpaired) electrons. The first-order chi connectivity index (χ1) is 15.7. The lowest BCUT2D eigenvalue weighted by Crippen LogP contribution is -2.48. The number of carboxylic acid groups (broad SMARTS) is 2. The Morgan fingerprint density at radius 1 is 1.09 bits per heavy atom. The number of carbonyl (C=O) groups is 3. The van der Waals surface area contributed by atoms with Gasteiger partial charge < -0.3 is 20.6 Å². The molecule has 0 spiro atoms. The van der Waals surface area contributed by atoms with Gasteiger partial charge in [0.2, 0.25) is 0 Å². The van der Waals surface area contributed by atoms with Crippen LogP contribution >= 0.6 is 11.6 Å². The van der Waals surface area contributed by atoms with Gasteiger partial charge in [0.15, 0.2) is 11.8 Å². The number of carbonyl (C=O) groups excluding carboxylic acids is 1. The van der Waals surface area contributed by atoms with Gasteiger partial charge in [-0.1, -0.05) is 41.9 Å². The van der Waals surface area contributed by atoms with E-state index < -0.39 is 35.8 Å². The Morgan fingerprint density at radius 2 is 1.76 bits per heavy atom. The molecule has 0 unspecified atom stereocenters. The van der Waals surface area contributed by atoms with E-state index in [0.29, 0.717) is 16.1 Å². The second-order valence-corrected chi connectivity index (χ2v) is 7.57. The molecule has 2 aromatic carbocycles. The van der Waals surface area contributed by atoms with Crippen LogP contribution in [-0.2, 0) is 17.8 Å². The van der Waals surface area contributed by atoms with Gasteiger partial charge in [0.05, 0.1) is 12.6 Å². The van der Waals surface area contributed by atoms with Crippen molar-refractivity contribution in [3.05, 3.63) is 88.0 Å². The van der Waals surface area contributed by atoms with Crippen molar-refractivity contribution < 1.29 is 34.1 Å². The number of hydrogen-bond acceptors (Lipinski definition) is 5.